The standard InChI is InChI=1S/C17H25N5O3.2ClH/c23-17(4-1-13-5-8-18-9-6-13)21-10-7-14(12-21)20-16-3-2-15(11-19-16)22(24)25;;/h2-3,11,13-14,18H,1,4-10,12H2,(H,19,20);2*1H. The van der Waals surface area contributed by atoms with Crippen molar-refractivity contribution in [3.63, 3.8) is 0 Å². The summed E-state index contributed by atoms with van der Waals surface area (Å²) < 4.78 is 0. The molecule has 0 aliphatic carbocycles. The molecule has 27 heavy (non-hydrogen) atoms. The summed E-state index contributed by atoms with van der Waals surface area (Å²) in [6.07, 6.45) is 6.08. The molecule has 2 N–H and O–H groups in total. The number of nitrogens with zero attached hydrogens (tertiary/aromatic N) is 3. The van der Waals surface area contributed by atoms with Gasteiger partial charge in [-0.1, -0.05) is 0 Å². The summed E-state index contributed by atoms with van der Waals surface area (Å²) in [6.45, 7) is 3.56. The molecular formula is C17H27Cl2N5O3. The quantitative estimate of drug-likeness (QED) is 0.542. The van der Waals surface area contributed by atoms with Gasteiger partial charge in [-0.15, -0.1) is 24.8 Å². The first kappa shape index (κ1) is 23.4. The number of anilines is 1. The molecule has 1 aromatic heterocycles. The molecule has 3 heterocycles. The highest BCUT2D eigenvalue weighted by molar-refractivity contribution is 5.85. The number of carbonyl (C=O) groups is 1. The number of carbonyl (C=O) groups excluding carboxylic acids is 1. The zero-order valence-electron chi connectivity index (χ0n) is 15.1. The van der Waals surface area contributed by atoms with Crippen molar-refractivity contribution in [2.45, 2.75) is 38.1 Å². The summed E-state index contributed by atoms with van der Waals surface area (Å²) in [6, 6.07) is 3.20. The molecule has 0 bridgehead atoms. The third kappa shape index (κ3) is 6.79. The molecule has 3 rings (SSSR count). The van der Waals surface area contributed by atoms with Crippen LogP contribution in [-0.2, 0) is 4.79 Å². The van der Waals surface area contributed by atoms with Crippen molar-refractivity contribution in [3.05, 3.63) is 28.4 Å². The van der Waals surface area contributed by atoms with E-state index in [4.69, 9.17) is 0 Å². The number of hydrogen-bond donors (Lipinski definition) is 2. The molecule has 1 amide bonds. The molecule has 1 unspecified atom stereocenters. The van der Waals surface area contributed by atoms with Crippen molar-refractivity contribution >= 4 is 42.2 Å². The maximum Gasteiger partial charge on any atom is 0.287 e. The van der Waals surface area contributed by atoms with E-state index in [0.29, 0.717) is 24.7 Å². The fourth-order valence-corrected chi connectivity index (χ4v) is 3.55. The van der Waals surface area contributed by atoms with E-state index in [-0.39, 0.29) is 42.5 Å². The molecule has 1 atom stereocenters. The minimum atomic E-state index is -0.463. The second-order valence-corrected chi connectivity index (χ2v) is 6.86. The van der Waals surface area contributed by atoms with Crippen LogP contribution in [0.4, 0.5) is 11.5 Å². The van der Waals surface area contributed by atoms with Crippen LogP contribution in [0.15, 0.2) is 18.3 Å². The minimum Gasteiger partial charge on any atom is -0.365 e. The summed E-state index contributed by atoms with van der Waals surface area (Å²) >= 11 is 0. The zero-order valence-corrected chi connectivity index (χ0v) is 16.8. The Morgan fingerprint density at radius 1 is 1.30 bits per heavy atom. The van der Waals surface area contributed by atoms with Gasteiger partial charge in [-0.3, -0.25) is 14.9 Å². The Morgan fingerprint density at radius 2 is 2.04 bits per heavy atom. The predicted octanol–water partition coefficient (Wildman–Crippen LogP) is 2.63. The third-order valence-electron chi connectivity index (χ3n) is 5.08. The van der Waals surface area contributed by atoms with E-state index in [2.05, 4.69) is 15.6 Å². The largest absolute Gasteiger partial charge is 0.365 e. The molecule has 1 aromatic rings. The van der Waals surface area contributed by atoms with E-state index in [0.717, 1.165) is 32.5 Å². The molecule has 2 saturated heterocycles. The Morgan fingerprint density at radius 3 is 2.67 bits per heavy atom. The number of rotatable bonds is 6. The Kier molecular flexibility index (Phi) is 9.76. The molecule has 0 radical (unpaired) electrons. The van der Waals surface area contributed by atoms with Gasteiger partial charge in [0.2, 0.25) is 5.91 Å². The van der Waals surface area contributed by atoms with Gasteiger partial charge < -0.3 is 15.5 Å². The smallest absolute Gasteiger partial charge is 0.287 e. The molecule has 8 nitrogen and oxygen atoms in total. The lowest BCUT2D eigenvalue weighted by Crippen LogP contribution is -2.33. The first-order valence-corrected chi connectivity index (χ1v) is 8.97. The molecular weight excluding hydrogens is 393 g/mol. The van der Waals surface area contributed by atoms with Gasteiger partial charge in [0, 0.05) is 31.6 Å². The molecule has 10 heteroatoms. The third-order valence-corrected chi connectivity index (χ3v) is 5.08. The number of pyridine rings is 1. The van der Waals surface area contributed by atoms with Gasteiger partial charge >= 0.3 is 0 Å². The number of nitro groups is 1. The highest BCUT2D eigenvalue weighted by Crippen LogP contribution is 2.21. The lowest BCUT2D eigenvalue weighted by Gasteiger charge is -2.23. The second-order valence-electron chi connectivity index (χ2n) is 6.86. The minimum absolute atomic E-state index is 0. The molecule has 152 valence electrons. The van der Waals surface area contributed by atoms with Crippen LogP contribution in [0.5, 0.6) is 0 Å². The van der Waals surface area contributed by atoms with E-state index in [1.165, 1.54) is 25.1 Å². The number of hydrogen-bond acceptors (Lipinski definition) is 6. The number of likely N-dealkylation sites (tertiary alicyclic amines) is 1. The van der Waals surface area contributed by atoms with Crippen LogP contribution in [0.1, 0.15) is 32.1 Å². The Hall–Kier alpha value is -1.64. The number of piperidine rings is 1. The van der Waals surface area contributed by atoms with Crippen LogP contribution in [0, 0.1) is 16.0 Å². The van der Waals surface area contributed by atoms with E-state index in [1.54, 1.807) is 6.07 Å². The molecule has 2 aliphatic rings. The van der Waals surface area contributed by atoms with Crippen molar-refractivity contribution in [3.8, 4) is 0 Å². The molecule has 2 aliphatic heterocycles. The molecule has 0 saturated carbocycles. The summed E-state index contributed by atoms with van der Waals surface area (Å²) in [5, 5.41) is 17.3. The highest BCUT2D eigenvalue weighted by Gasteiger charge is 2.27. The number of nitrogens with one attached hydrogen (secondary N) is 2. The van der Waals surface area contributed by atoms with Gasteiger partial charge in [0.1, 0.15) is 12.0 Å². The van der Waals surface area contributed by atoms with Crippen molar-refractivity contribution in [2.24, 2.45) is 5.92 Å². The van der Waals surface area contributed by atoms with Crippen molar-refractivity contribution < 1.29 is 9.72 Å². The summed E-state index contributed by atoms with van der Waals surface area (Å²) in [7, 11) is 0. The fraction of sp³-hybridized carbons (Fsp3) is 0.647. The average molecular weight is 420 g/mol. The van der Waals surface area contributed by atoms with Gasteiger partial charge in [0.05, 0.1) is 4.92 Å². The van der Waals surface area contributed by atoms with Gasteiger partial charge in [-0.05, 0) is 50.8 Å². The van der Waals surface area contributed by atoms with Crippen LogP contribution >= 0.6 is 24.8 Å². The van der Waals surface area contributed by atoms with Gasteiger partial charge in [0.25, 0.3) is 5.69 Å². The van der Waals surface area contributed by atoms with E-state index >= 15 is 0 Å². The zero-order chi connectivity index (χ0) is 17.6. The molecule has 0 aromatic carbocycles. The molecule has 0 spiro atoms. The van der Waals surface area contributed by atoms with Gasteiger partial charge in [0.15, 0.2) is 0 Å². The first-order chi connectivity index (χ1) is 12.1. The number of halogens is 2. The van der Waals surface area contributed by atoms with Crippen molar-refractivity contribution in [1.82, 2.24) is 15.2 Å². The predicted molar refractivity (Wildman–Crippen MR) is 109 cm³/mol. The van der Waals surface area contributed by atoms with Crippen molar-refractivity contribution in [1.29, 1.82) is 0 Å². The SMILES string of the molecule is Cl.Cl.O=C(CCC1CCNCC1)N1CCC(Nc2ccc([N+](=O)[O-])cn2)C1. The summed E-state index contributed by atoms with van der Waals surface area (Å²) in [5.41, 5.74) is -0.0216. The Labute approximate surface area is 171 Å². The first-order valence-electron chi connectivity index (χ1n) is 8.97. The monoisotopic (exact) mass is 419 g/mol. The maximum absolute atomic E-state index is 12.4. The maximum atomic E-state index is 12.4. The topological polar surface area (TPSA) is 100 Å². The lowest BCUT2D eigenvalue weighted by atomic mass is 9.93. The lowest BCUT2D eigenvalue weighted by molar-refractivity contribution is -0.385. The van der Waals surface area contributed by atoms with E-state index in [9.17, 15) is 14.9 Å². The summed E-state index contributed by atoms with van der Waals surface area (Å²) in [4.78, 5) is 28.6. The van der Waals surface area contributed by atoms with Crippen LogP contribution in [-0.4, -0.2) is 52.9 Å². The second kappa shape index (κ2) is 11.3. The van der Waals surface area contributed by atoms with Gasteiger partial charge in [-0.25, -0.2) is 4.98 Å². The van der Waals surface area contributed by atoms with Crippen LogP contribution in [0.3, 0.4) is 0 Å². The normalized spacial score (nSPS) is 19.7. The van der Waals surface area contributed by atoms with E-state index < -0.39 is 4.92 Å². The van der Waals surface area contributed by atoms with Crippen LogP contribution in [0.25, 0.3) is 0 Å². The van der Waals surface area contributed by atoms with Crippen LogP contribution < -0.4 is 10.6 Å². The van der Waals surface area contributed by atoms with Crippen molar-refractivity contribution in [2.75, 3.05) is 31.5 Å². The fourth-order valence-electron chi connectivity index (χ4n) is 3.55. The Balaban J connectivity index is 0.00000182. The highest BCUT2D eigenvalue weighted by atomic mass is 35.5. The number of amides is 1. The van der Waals surface area contributed by atoms with Gasteiger partial charge in [-0.2, -0.15) is 0 Å². The Bertz CT molecular complexity index is 611. The number of aromatic nitrogens is 1. The summed E-state index contributed by atoms with van der Waals surface area (Å²) in [5.74, 6) is 1.52. The average Bonchev–Trinajstić information content (AvgIpc) is 3.09. The van der Waals surface area contributed by atoms with E-state index in [1.807, 2.05) is 4.90 Å². The van der Waals surface area contributed by atoms with Crippen LogP contribution in [0.2, 0.25) is 0 Å². The molecule has 2 fully saturated rings.